The molecule has 1 aliphatic carbocycles. The summed E-state index contributed by atoms with van der Waals surface area (Å²) in [6.07, 6.45) is 9.37. The summed E-state index contributed by atoms with van der Waals surface area (Å²) in [5.74, 6) is 1.89. The van der Waals surface area contributed by atoms with Gasteiger partial charge < -0.3 is 19.7 Å². The van der Waals surface area contributed by atoms with Crippen molar-refractivity contribution in [3.63, 3.8) is 0 Å². The minimum Gasteiger partial charge on any atom is -0.491 e. The fourth-order valence-corrected chi connectivity index (χ4v) is 3.98. The van der Waals surface area contributed by atoms with Crippen LogP contribution in [-0.2, 0) is 0 Å². The van der Waals surface area contributed by atoms with Crippen molar-refractivity contribution in [1.82, 2.24) is 15.2 Å². The van der Waals surface area contributed by atoms with Gasteiger partial charge in [0, 0.05) is 35.8 Å². The molecule has 6 nitrogen and oxygen atoms in total. The van der Waals surface area contributed by atoms with Crippen LogP contribution in [0, 0.1) is 11.8 Å². The number of ether oxygens (including phenoxy) is 2. The lowest BCUT2D eigenvalue weighted by Gasteiger charge is -2.37. The highest BCUT2D eigenvalue weighted by Crippen LogP contribution is 2.38. The molecule has 0 saturated heterocycles. The van der Waals surface area contributed by atoms with Gasteiger partial charge in [-0.1, -0.05) is 12.8 Å². The summed E-state index contributed by atoms with van der Waals surface area (Å²) in [4.78, 5) is 18.0. The Kier molecular flexibility index (Phi) is 6.01. The zero-order chi connectivity index (χ0) is 18.5. The van der Waals surface area contributed by atoms with Crippen molar-refractivity contribution in [2.24, 2.45) is 11.8 Å². The van der Waals surface area contributed by atoms with Crippen molar-refractivity contribution >= 4 is 6.29 Å². The minimum atomic E-state index is 0.421. The Morgan fingerprint density at radius 2 is 2.19 bits per heavy atom. The van der Waals surface area contributed by atoms with Gasteiger partial charge in [0.15, 0.2) is 6.29 Å². The van der Waals surface area contributed by atoms with Crippen molar-refractivity contribution in [3.05, 3.63) is 29.7 Å². The predicted octanol–water partition coefficient (Wildman–Crippen LogP) is 3.20. The largest absolute Gasteiger partial charge is 0.491 e. The van der Waals surface area contributed by atoms with Crippen LogP contribution in [0.15, 0.2) is 24.2 Å². The Balaban J connectivity index is 1.71. The van der Waals surface area contributed by atoms with Crippen molar-refractivity contribution in [2.75, 3.05) is 20.4 Å². The third-order valence-corrected chi connectivity index (χ3v) is 5.42. The molecular weight excluding hydrogens is 330 g/mol. The number of carbonyl (C=O) groups is 1. The van der Waals surface area contributed by atoms with Crippen LogP contribution in [0.4, 0.5) is 0 Å². The summed E-state index contributed by atoms with van der Waals surface area (Å²) in [6, 6.07) is 2.09. The molecule has 3 rings (SSSR count). The van der Waals surface area contributed by atoms with Gasteiger partial charge in [0.05, 0.1) is 32.1 Å². The van der Waals surface area contributed by atoms with Gasteiger partial charge >= 0.3 is 0 Å². The van der Waals surface area contributed by atoms with E-state index in [-0.39, 0.29) is 0 Å². The third-order valence-electron chi connectivity index (χ3n) is 5.42. The SMILES string of the molecule is COc1cc(C=O)c(OCC2CCCCC2C2=CNCN2C(C)C)cn1. The van der Waals surface area contributed by atoms with Gasteiger partial charge in [-0.3, -0.25) is 4.79 Å². The fraction of sp³-hybridized carbons (Fsp3) is 0.600. The molecule has 2 atom stereocenters. The van der Waals surface area contributed by atoms with Gasteiger partial charge in [0.25, 0.3) is 0 Å². The van der Waals surface area contributed by atoms with Crippen LogP contribution in [0.2, 0.25) is 0 Å². The quantitative estimate of drug-likeness (QED) is 0.754. The molecule has 0 aromatic carbocycles. The number of allylic oxidation sites excluding steroid dienone is 1. The number of pyridine rings is 1. The van der Waals surface area contributed by atoms with Crippen LogP contribution in [-0.4, -0.2) is 42.6 Å². The second-order valence-corrected chi connectivity index (χ2v) is 7.34. The lowest BCUT2D eigenvalue weighted by molar-refractivity contribution is 0.111. The first-order valence-corrected chi connectivity index (χ1v) is 9.46. The summed E-state index contributed by atoms with van der Waals surface area (Å²) in [7, 11) is 1.54. The first kappa shape index (κ1) is 18.5. The van der Waals surface area contributed by atoms with Crippen LogP contribution in [0.5, 0.6) is 11.6 Å². The number of rotatable bonds is 7. The lowest BCUT2D eigenvalue weighted by atomic mass is 9.77. The molecule has 0 spiro atoms. The number of hydrogen-bond acceptors (Lipinski definition) is 6. The normalized spacial score (nSPS) is 22.8. The molecule has 2 unspecified atom stereocenters. The predicted molar refractivity (Wildman–Crippen MR) is 100 cm³/mol. The van der Waals surface area contributed by atoms with E-state index in [2.05, 4.69) is 35.2 Å². The van der Waals surface area contributed by atoms with Crippen LogP contribution in [0.25, 0.3) is 0 Å². The number of methoxy groups -OCH3 is 1. The smallest absolute Gasteiger partial charge is 0.213 e. The summed E-state index contributed by atoms with van der Waals surface area (Å²) in [5.41, 5.74) is 1.88. The Morgan fingerprint density at radius 3 is 2.92 bits per heavy atom. The van der Waals surface area contributed by atoms with E-state index in [1.807, 2.05) is 0 Å². The van der Waals surface area contributed by atoms with Gasteiger partial charge in [-0.05, 0) is 26.7 Å². The maximum atomic E-state index is 11.4. The molecule has 6 heteroatoms. The van der Waals surface area contributed by atoms with Gasteiger partial charge in [0.1, 0.15) is 5.75 Å². The van der Waals surface area contributed by atoms with E-state index in [4.69, 9.17) is 9.47 Å². The molecule has 1 N–H and O–H groups in total. The molecule has 1 aliphatic heterocycles. The van der Waals surface area contributed by atoms with Crippen LogP contribution in [0.1, 0.15) is 49.9 Å². The first-order chi connectivity index (χ1) is 12.6. The van der Waals surface area contributed by atoms with Crippen molar-refractivity contribution < 1.29 is 14.3 Å². The van der Waals surface area contributed by atoms with E-state index in [0.29, 0.717) is 41.7 Å². The standard InChI is InChI=1S/C20H29N3O3/c1-14(2)23-13-21-9-18(23)17-7-5-4-6-15(17)12-26-19-10-22-20(25-3)8-16(19)11-24/h8-11,14-15,17,21H,4-7,12-13H2,1-3H3. The number of aromatic nitrogens is 1. The average molecular weight is 359 g/mol. The Labute approximate surface area is 155 Å². The molecule has 1 aromatic rings. The number of nitrogens with one attached hydrogen (secondary N) is 1. The summed E-state index contributed by atoms with van der Waals surface area (Å²) in [6.45, 7) is 5.95. The zero-order valence-electron chi connectivity index (χ0n) is 15.9. The van der Waals surface area contributed by atoms with Crippen molar-refractivity contribution in [1.29, 1.82) is 0 Å². The maximum Gasteiger partial charge on any atom is 0.213 e. The maximum absolute atomic E-state index is 11.4. The number of aldehydes is 1. The van der Waals surface area contributed by atoms with E-state index < -0.39 is 0 Å². The molecule has 0 amide bonds. The van der Waals surface area contributed by atoms with E-state index in [9.17, 15) is 4.79 Å². The topological polar surface area (TPSA) is 63.7 Å². The Hall–Kier alpha value is -2.24. The average Bonchev–Trinajstić information content (AvgIpc) is 3.16. The van der Waals surface area contributed by atoms with Gasteiger partial charge in [-0.25, -0.2) is 4.98 Å². The molecule has 0 radical (unpaired) electrons. The highest BCUT2D eigenvalue weighted by molar-refractivity contribution is 5.79. The highest BCUT2D eigenvalue weighted by atomic mass is 16.5. The summed E-state index contributed by atoms with van der Waals surface area (Å²) >= 11 is 0. The molecule has 0 bridgehead atoms. The molecule has 1 saturated carbocycles. The Morgan fingerprint density at radius 1 is 1.38 bits per heavy atom. The zero-order valence-corrected chi connectivity index (χ0v) is 15.9. The van der Waals surface area contributed by atoms with Gasteiger partial charge in [0.2, 0.25) is 5.88 Å². The third kappa shape index (κ3) is 3.94. The fourth-order valence-electron chi connectivity index (χ4n) is 3.98. The van der Waals surface area contributed by atoms with E-state index in [0.717, 1.165) is 19.4 Å². The molecular formula is C20H29N3O3. The molecule has 2 heterocycles. The second-order valence-electron chi connectivity index (χ2n) is 7.34. The Bertz CT molecular complexity index is 660. The van der Waals surface area contributed by atoms with Crippen LogP contribution < -0.4 is 14.8 Å². The van der Waals surface area contributed by atoms with Crippen molar-refractivity contribution in [3.8, 4) is 11.6 Å². The summed E-state index contributed by atoms with van der Waals surface area (Å²) < 4.78 is 11.1. The summed E-state index contributed by atoms with van der Waals surface area (Å²) in [5, 5.41) is 3.38. The molecule has 1 fully saturated rings. The molecule has 2 aliphatic rings. The van der Waals surface area contributed by atoms with Gasteiger partial charge in [-0.15, -0.1) is 0 Å². The number of carbonyl (C=O) groups excluding carboxylic acids is 1. The first-order valence-electron chi connectivity index (χ1n) is 9.46. The van der Waals surface area contributed by atoms with Gasteiger partial charge in [-0.2, -0.15) is 0 Å². The number of nitrogens with zero attached hydrogens (tertiary/aromatic N) is 2. The van der Waals surface area contributed by atoms with Crippen LogP contribution >= 0.6 is 0 Å². The van der Waals surface area contributed by atoms with Crippen molar-refractivity contribution in [2.45, 2.75) is 45.6 Å². The highest BCUT2D eigenvalue weighted by Gasteiger charge is 2.33. The monoisotopic (exact) mass is 359 g/mol. The van der Waals surface area contributed by atoms with E-state index in [1.54, 1.807) is 12.3 Å². The van der Waals surface area contributed by atoms with E-state index in [1.165, 1.54) is 32.1 Å². The molecule has 26 heavy (non-hydrogen) atoms. The molecule has 1 aromatic heterocycles. The van der Waals surface area contributed by atoms with Crippen LogP contribution in [0.3, 0.4) is 0 Å². The molecule has 142 valence electrons. The second kappa shape index (κ2) is 8.43. The lowest BCUT2D eigenvalue weighted by Crippen LogP contribution is -2.37. The van der Waals surface area contributed by atoms with E-state index >= 15 is 0 Å². The number of hydrogen-bond donors (Lipinski definition) is 1. The minimum absolute atomic E-state index is 0.421.